The van der Waals surface area contributed by atoms with Crippen LogP contribution in [0.5, 0.6) is 0 Å². The molecule has 4 saturated heterocycles. The Kier molecular flexibility index (Phi) is 13.9. The van der Waals surface area contributed by atoms with E-state index in [4.69, 9.17) is 0 Å². The standard InChI is InChI=1S/C47H59FN10O5/c1-3-53-14-6-7-35(30-53)36-27-42(50-32(2)59)44(49-28-36)47(63)57-15-12-33(13-16-57)29-54-17-19-55(20-18-54)31-43(60)56-21-23-58(24-22-56)46(62)39-25-34(10-11-40(39)48)26-41-37-8-4-5-9-38(37)45(61)52-51-41/h4-5,8-11,25,27-28,33,35H,3,6-7,12-24,26,29-31H2,1-2H3,(H,50,59)(H,52,61). The van der Waals surface area contributed by atoms with Gasteiger partial charge < -0.3 is 29.8 Å². The van der Waals surface area contributed by atoms with Gasteiger partial charge in [-0.25, -0.2) is 14.5 Å². The number of anilines is 1. The summed E-state index contributed by atoms with van der Waals surface area (Å²) in [6, 6.07) is 13.6. The summed E-state index contributed by atoms with van der Waals surface area (Å²) in [7, 11) is 0. The molecule has 2 aromatic carbocycles. The predicted octanol–water partition coefficient (Wildman–Crippen LogP) is 3.66. The van der Waals surface area contributed by atoms with Crippen molar-refractivity contribution in [2.24, 2.45) is 5.92 Å². The van der Waals surface area contributed by atoms with Crippen LogP contribution in [0.3, 0.4) is 0 Å². The summed E-state index contributed by atoms with van der Waals surface area (Å²) >= 11 is 0. The van der Waals surface area contributed by atoms with Crippen molar-refractivity contribution in [2.45, 2.75) is 51.9 Å². The molecule has 4 aliphatic heterocycles. The molecule has 4 aromatic rings. The highest BCUT2D eigenvalue weighted by molar-refractivity contribution is 6.02. The minimum atomic E-state index is -0.605. The van der Waals surface area contributed by atoms with E-state index in [0.717, 1.165) is 83.6 Å². The molecule has 6 heterocycles. The van der Waals surface area contributed by atoms with Crippen molar-refractivity contribution < 1.29 is 23.6 Å². The summed E-state index contributed by atoms with van der Waals surface area (Å²) in [5.41, 5.74) is 2.89. The van der Waals surface area contributed by atoms with E-state index in [0.29, 0.717) is 97.5 Å². The molecule has 63 heavy (non-hydrogen) atoms. The summed E-state index contributed by atoms with van der Waals surface area (Å²) in [6.07, 6.45) is 6.11. The summed E-state index contributed by atoms with van der Waals surface area (Å²) < 4.78 is 15.1. The minimum Gasteiger partial charge on any atom is -0.338 e. The number of rotatable bonds is 11. The van der Waals surface area contributed by atoms with Crippen molar-refractivity contribution in [3.63, 3.8) is 0 Å². The third kappa shape index (κ3) is 10.5. The molecule has 1 atom stereocenters. The van der Waals surface area contributed by atoms with Crippen LogP contribution < -0.4 is 10.9 Å². The van der Waals surface area contributed by atoms with Crippen LogP contribution in [0.15, 0.2) is 59.5 Å². The number of halogens is 1. The monoisotopic (exact) mass is 862 g/mol. The number of nitrogens with zero attached hydrogens (tertiary/aromatic N) is 8. The summed E-state index contributed by atoms with van der Waals surface area (Å²) in [6.45, 7) is 13.9. The SMILES string of the molecule is CCN1CCCC(c2cnc(C(=O)N3CCC(CN4CCN(CC(=O)N5CCN(C(=O)c6cc(Cc7n[nH]c(=O)c8ccccc78)ccc6F)CC5)CC4)CC3)c(NC(C)=O)c2)C1. The maximum absolute atomic E-state index is 15.1. The molecule has 334 valence electrons. The molecule has 16 heteroatoms. The summed E-state index contributed by atoms with van der Waals surface area (Å²) in [5.74, 6) is -0.553. The number of amides is 4. The number of piperazine rings is 2. The molecule has 4 amide bonds. The quantitative estimate of drug-likeness (QED) is 0.228. The molecular weight excluding hydrogens is 804 g/mol. The molecule has 2 N–H and O–H groups in total. The number of likely N-dealkylation sites (N-methyl/N-ethyl adjacent to an activating group) is 1. The first-order valence-corrected chi connectivity index (χ1v) is 22.6. The first-order valence-electron chi connectivity index (χ1n) is 22.6. The van der Waals surface area contributed by atoms with E-state index in [1.807, 2.05) is 29.3 Å². The topological polar surface area (TPSA) is 158 Å². The van der Waals surface area contributed by atoms with E-state index < -0.39 is 11.7 Å². The Labute approximate surface area is 367 Å². The Morgan fingerprint density at radius 1 is 0.794 bits per heavy atom. The molecule has 4 aliphatic rings. The number of piperidine rings is 2. The van der Waals surface area contributed by atoms with Gasteiger partial charge in [-0.3, -0.25) is 28.9 Å². The number of aromatic amines is 1. The number of hydrogen-bond donors (Lipinski definition) is 2. The van der Waals surface area contributed by atoms with Crippen LogP contribution in [-0.4, -0.2) is 166 Å². The largest absolute Gasteiger partial charge is 0.338 e. The van der Waals surface area contributed by atoms with Crippen LogP contribution in [0.2, 0.25) is 0 Å². The number of fused-ring (bicyclic) bond motifs is 1. The number of pyridine rings is 1. The van der Waals surface area contributed by atoms with E-state index >= 15 is 4.39 Å². The first kappa shape index (κ1) is 44.0. The minimum absolute atomic E-state index is 0.0218. The average Bonchev–Trinajstić information content (AvgIpc) is 3.31. The van der Waals surface area contributed by atoms with Gasteiger partial charge in [0.15, 0.2) is 5.69 Å². The lowest BCUT2D eigenvalue weighted by atomic mass is 9.91. The van der Waals surface area contributed by atoms with Gasteiger partial charge in [-0.05, 0) is 86.0 Å². The maximum atomic E-state index is 15.1. The lowest BCUT2D eigenvalue weighted by Gasteiger charge is -2.40. The van der Waals surface area contributed by atoms with Crippen molar-refractivity contribution in [1.29, 1.82) is 0 Å². The van der Waals surface area contributed by atoms with Gasteiger partial charge in [-0.1, -0.05) is 31.2 Å². The Morgan fingerprint density at radius 3 is 2.22 bits per heavy atom. The second kappa shape index (κ2) is 19.9. The first-order chi connectivity index (χ1) is 30.5. The highest BCUT2D eigenvalue weighted by Crippen LogP contribution is 2.30. The molecular formula is C47H59FN10O5. The van der Waals surface area contributed by atoms with E-state index in [1.54, 1.807) is 34.1 Å². The van der Waals surface area contributed by atoms with Gasteiger partial charge in [0, 0.05) is 103 Å². The number of likely N-dealkylation sites (tertiary alicyclic amines) is 2. The molecule has 0 radical (unpaired) electrons. The zero-order valence-corrected chi connectivity index (χ0v) is 36.5. The maximum Gasteiger partial charge on any atom is 0.274 e. The molecule has 4 fully saturated rings. The van der Waals surface area contributed by atoms with E-state index in [-0.39, 0.29) is 28.8 Å². The van der Waals surface area contributed by atoms with E-state index in [9.17, 15) is 24.0 Å². The number of carbonyl (C=O) groups excluding carboxylic acids is 4. The Balaban J connectivity index is 0.764. The van der Waals surface area contributed by atoms with Gasteiger partial charge in [0.1, 0.15) is 5.82 Å². The van der Waals surface area contributed by atoms with Gasteiger partial charge >= 0.3 is 0 Å². The van der Waals surface area contributed by atoms with Crippen molar-refractivity contribution in [1.82, 2.24) is 44.6 Å². The molecule has 0 spiro atoms. The smallest absolute Gasteiger partial charge is 0.274 e. The van der Waals surface area contributed by atoms with Gasteiger partial charge in [-0.2, -0.15) is 5.10 Å². The second-order valence-corrected chi connectivity index (χ2v) is 17.6. The Morgan fingerprint density at radius 2 is 1.49 bits per heavy atom. The fourth-order valence-electron chi connectivity index (χ4n) is 9.70. The van der Waals surface area contributed by atoms with Gasteiger partial charge in [-0.15, -0.1) is 0 Å². The van der Waals surface area contributed by atoms with Gasteiger partial charge in [0.2, 0.25) is 11.8 Å². The molecule has 1 unspecified atom stereocenters. The van der Waals surface area contributed by atoms with Crippen LogP contribution in [0, 0.1) is 11.7 Å². The number of nitrogens with one attached hydrogen (secondary N) is 2. The highest BCUT2D eigenvalue weighted by atomic mass is 19.1. The van der Waals surface area contributed by atoms with Crippen molar-refractivity contribution >= 4 is 40.1 Å². The molecule has 8 rings (SSSR count). The summed E-state index contributed by atoms with van der Waals surface area (Å²) in [4.78, 5) is 82.1. The van der Waals surface area contributed by atoms with Crippen molar-refractivity contribution in [3.05, 3.63) is 99.0 Å². The molecule has 0 bridgehead atoms. The normalized spacial score (nSPS) is 19.7. The number of hydrogen-bond acceptors (Lipinski definition) is 10. The zero-order valence-electron chi connectivity index (χ0n) is 36.5. The van der Waals surface area contributed by atoms with Crippen LogP contribution >= 0.6 is 0 Å². The highest BCUT2D eigenvalue weighted by Gasteiger charge is 2.31. The molecule has 15 nitrogen and oxygen atoms in total. The van der Waals surface area contributed by atoms with Crippen LogP contribution in [0.1, 0.15) is 83.1 Å². The fourth-order valence-corrected chi connectivity index (χ4v) is 9.70. The van der Waals surface area contributed by atoms with E-state index in [2.05, 4.69) is 42.1 Å². The zero-order chi connectivity index (χ0) is 44.0. The average molecular weight is 863 g/mol. The number of H-pyrrole nitrogens is 1. The second-order valence-electron chi connectivity index (χ2n) is 17.6. The molecule has 2 aromatic heterocycles. The van der Waals surface area contributed by atoms with Crippen molar-refractivity contribution in [2.75, 3.05) is 103 Å². The Bertz CT molecular complexity index is 2370. The van der Waals surface area contributed by atoms with Crippen molar-refractivity contribution in [3.8, 4) is 0 Å². The summed E-state index contributed by atoms with van der Waals surface area (Å²) in [5, 5.41) is 10.9. The Hall–Kier alpha value is -5.58. The third-order valence-electron chi connectivity index (χ3n) is 13.4. The van der Waals surface area contributed by atoms with Gasteiger partial charge in [0.05, 0.1) is 28.9 Å². The van der Waals surface area contributed by atoms with Crippen LogP contribution in [-0.2, 0) is 16.0 Å². The lowest BCUT2D eigenvalue weighted by molar-refractivity contribution is -0.134. The third-order valence-corrected chi connectivity index (χ3v) is 13.4. The van der Waals surface area contributed by atoms with Crippen LogP contribution in [0.25, 0.3) is 10.8 Å². The van der Waals surface area contributed by atoms with E-state index in [1.165, 1.54) is 13.0 Å². The number of benzene rings is 2. The van der Waals surface area contributed by atoms with Gasteiger partial charge in [0.25, 0.3) is 17.4 Å². The molecule has 0 saturated carbocycles. The fraction of sp³-hybridized carbons (Fsp3) is 0.511. The number of aromatic nitrogens is 3. The lowest BCUT2D eigenvalue weighted by Crippen LogP contribution is -2.55. The van der Waals surface area contributed by atoms with Crippen LogP contribution in [0.4, 0.5) is 10.1 Å². The number of carbonyl (C=O) groups is 4. The molecule has 0 aliphatic carbocycles. The predicted molar refractivity (Wildman–Crippen MR) is 238 cm³/mol.